The summed E-state index contributed by atoms with van der Waals surface area (Å²) in [6.45, 7) is 4.18. The molecule has 0 spiro atoms. The second kappa shape index (κ2) is 10.2. The first-order chi connectivity index (χ1) is 17.4. The van der Waals surface area contributed by atoms with Crippen LogP contribution >= 0.6 is 0 Å². The number of hydrogen-bond donors (Lipinski definition) is 1. The number of rotatable bonds is 6. The lowest BCUT2D eigenvalue weighted by atomic mass is 9.80. The molecule has 1 N–H and O–H groups in total. The lowest BCUT2D eigenvalue weighted by molar-refractivity contribution is 0.0697. The van der Waals surface area contributed by atoms with Crippen molar-refractivity contribution in [2.45, 2.75) is 50.9 Å². The number of ether oxygens (including phenoxy) is 1. The van der Waals surface area contributed by atoms with Gasteiger partial charge >= 0.3 is 5.97 Å². The molecule has 7 heteroatoms. The van der Waals surface area contributed by atoms with E-state index < -0.39 is 12.1 Å². The number of nitrogens with zero attached hydrogens (tertiary/aromatic N) is 3. The van der Waals surface area contributed by atoms with Gasteiger partial charge in [-0.3, -0.25) is 4.90 Å². The van der Waals surface area contributed by atoms with Crippen molar-refractivity contribution in [2.75, 3.05) is 40.8 Å². The number of carboxylic acid groups (broad SMARTS) is 1. The van der Waals surface area contributed by atoms with Crippen LogP contribution in [0, 0.1) is 0 Å². The van der Waals surface area contributed by atoms with Crippen LogP contribution in [0.3, 0.4) is 0 Å². The van der Waals surface area contributed by atoms with Gasteiger partial charge in [-0.25, -0.2) is 9.18 Å². The summed E-state index contributed by atoms with van der Waals surface area (Å²) < 4.78 is 23.3. The Morgan fingerprint density at radius 1 is 1.14 bits per heavy atom. The third-order valence-electron chi connectivity index (χ3n) is 7.87. The molecular weight excluding hydrogens is 457 g/mol. The summed E-state index contributed by atoms with van der Waals surface area (Å²) in [5, 5.41) is 10.7. The van der Waals surface area contributed by atoms with Gasteiger partial charge < -0.3 is 19.3 Å². The second-order valence-electron chi connectivity index (χ2n) is 10.5. The van der Waals surface area contributed by atoms with Crippen molar-refractivity contribution in [1.82, 2.24) is 14.4 Å². The molecule has 1 saturated carbocycles. The van der Waals surface area contributed by atoms with Crippen molar-refractivity contribution in [3.05, 3.63) is 53.1 Å². The minimum atomic E-state index is -0.946. The zero-order chi connectivity index (χ0) is 25.4. The summed E-state index contributed by atoms with van der Waals surface area (Å²) in [5.41, 5.74) is 5.48. The standard InChI is InChI=1S/C29H36FN3O3/c1-31(2)12-13-32-14-15-33-26-17-19(29(34)35)8-10-24(26)27(23-6-4-5-7-25(23)30)28(33)22-11-9-21(36-3)16-20(22)18-32/h8-11,16-17,23,25H,4-7,12-15,18H2,1-3H3,(H,34,35)/t23-,25-/m1/s1. The van der Waals surface area contributed by atoms with Crippen LogP contribution in [0.1, 0.15) is 53.1 Å². The Morgan fingerprint density at radius 2 is 1.94 bits per heavy atom. The SMILES string of the molecule is COc1ccc2c(c1)CN(CCN(C)C)CCn1c-2c([C@@H]2CCCC[C@H]2F)c2ccc(C(=O)O)cc21. The van der Waals surface area contributed by atoms with Crippen LogP contribution in [-0.2, 0) is 13.1 Å². The van der Waals surface area contributed by atoms with E-state index in [4.69, 9.17) is 4.74 Å². The maximum atomic E-state index is 15.5. The molecule has 1 fully saturated rings. The summed E-state index contributed by atoms with van der Waals surface area (Å²) >= 11 is 0. The summed E-state index contributed by atoms with van der Waals surface area (Å²) in [6, 6.07) is 11.5. The fraction of sp³-hybridized carbons (Fsp3) is 0.483. The lowest BCUT2D eigenvalue weighted by Gasteiger charge is -2.31. The maximum Gasteiger partial charge on any atom is 0.335 e. The Labute approximate surface area is 212 Å². The van der Waals surface area contributed by atoms with E-state index >= 15 is 4.39 Å². The van der Waals surface area contributed by atoms with Crippen LogP contribution in [0.5, 0.6) is 5.75 Å². The molecule has 5 rings (SSSR count). The van der Waals surface area contributed by atoms with E-state index in [-0.39, 0.29) is 11.5 Å². The smallest absolute Gasteiger partial charge is 0.335 e. The molecule has 6 nitrogen and oxygen atoms in total. The minimum Gasteiger partial charge on any atom is -0.497 e. The van der Waals surface area contributed by atoms with E-state index in [1.165, 1.54) is 0 Å². The first-order valence-electron chi connectivity index (χ1n) is 12.9. The number of benzene rings is 2. The molecule has 2 aliphatic rings. The van der Waals surface area contributed by atoms with E-state index in [0.29, 0.717) is 6.42 Å². The number of likely N-dealkylation sites (N-methyl/N-ethyl adjacent to an activating group) is 1. The van der Waals surface area contributed by atoms with Gasteiger partial charge in [0.25, 0.3) is 0 Å². The highest BCUT2D eigenvalue weighted by molar-refractivity contribution is 5.98. The highest BCUT2D eigenvalue weighted by Crippen LogP contribution is 2.47. The third kappa shape index (κ3) is 4.62. The van der Waals surface area contributed by atoms with E-state index in [1.807, 2.05) is 12.1 Å². The number of carboxylic acids is 1. The molecule has 192 valence electrons. The van der Waals surface area contributed by atoms with Gasteiger partial charge in [0.05, 0.1) is 18.4 Å². The van der Waals surface area contributed by atoms with Gasteiger partial charge in [0.15, 0.2) is 0 Å². The highest BCUT2D eigenvalue weighted by atomic mass is 19.1. The van der Waals surface area contributed by atoms with E-state index in [9.17, 15) is 9.90 Å². The van der Waals surface area contributed by atoms with Crippen molar-refractivity contribution < 1.29 is 19.0 Å². The first-order valence-corrected chi connectivity index (χ1v) is 12.9. The monoisotopic (exact) mass is 493 g/mol. The molecule has 0 bridgehead atoms. The zero-order valence-corrected chi connectivity index (χ0v) is 21.5. The minimum absolute atomic E-state index is 0.188. The predicted octanol–water partition coefficient (Wildman–Crippen LogP) is 5.39. The van der Waals surface area contributed by atoms with Crippen LogP contribution in [-0.4, -0.2) is 72.5 Å². The topological polar surface area (TPSA) is 57.9 Å². The van der Waals surface area contributed by atoms with Crippen LogP contribution < -0.4 is 4.74 Å². The number of carbonyl (C=O) groups is 1. The quantitative estimate of drug-likeness (QED) is 0.499. The van der Waals surface area contributed by atoms with Crippen LogP contribution in [0.4, 0.5) is 4.39 Å². The summed E-state index contributed by atoms with van der Waals surface area (Å²) in [6.07, 6.45) is 2.44. The Morgan fingerprint density at radius 3 is 2.67 bits per heavy atom. The molecular formula is C29H36FN3O3. The van der Waals surface area contributed by atoms with Gasteiger partial charge in [-0.15, -0.1) is 0 Å². The van der Waals surface area contributed by atoms with Crippen molar-refractivity contribution >= 4 is 16.9 Å². The average molecular weight is 494 g/mol. The van der Waals surface area contributed by atoms with Gasteiger partial charge in [0.1, 0.15) is 11.9 Å². The van der Waals surface area contributed by atoms with Gasteiger partial charge in [0.2, 0.25) is 0 Å². The number of methoxy groups -OCH3 is 1. The second-order valence-corrected chi connectivity index (χ2v) is 10.5. The molecule has 1 aromatic heterocycles. The number of fused-ring (bicyclic) bond motifs is 5. The van der Waals surface area contributed by atoms with Crippen LogP contribution in [0.25, 0.3) is 22.2 Å². The number of aromatic carboxylic acids is 1. The Hall–Kier alpha value is -2.90. The molecule has 0 unspecified atom stereocenters. The molecule has 2 heterocycles. The summed E-state index contributed by atoms with van der Waals surface area (Å²) in [4.78, 5) is 16.5. The average Bonchev–Trinajstić information content (AvgIpc) is 3.17. The largest absolute Gasteiger partial charge is 0.497 e. The van der Waals surface area contributed by atoms with E-state index in [2.05, 4.69) is 40.6 Å². The van der Waals surface area contributed by atoms with Crippen LogP contribution in [0.15, 0.2) is 36.4 Å². The molecule has 2 atom stereocenters. The number of aromatic nitrogens is 1. The van der Waals surface area contributed by atoms with Gasteiger partial charge in [0, 0.05) is 55.1 Å². The molecule has 36 heavy (non-hydrogen) atoms. The lowest BCUT2D eigenvalue weighted by Crippen LogP contribution is -2.35. The van der Waals surface area contributed by atoms with Gasteiger partial charge in [-0.1, -0.05) is 18.9 Å². The van der Waals surface area contributed by atoms with Crippen molar-refractivity contribution in [2.24, 2.45) is 0 Å². The van der Waals surface area contributed by atoms with Crippen LogP contribution in [0.2, 0.25) is 0 Å². The predicted molar refractivity (Wildman–Crippen MR) is 141 cm³/mol. The van der Waals surface area contributed by atoms with Crippen molar-refractivity contribution in [3.8, 4) is 17.0 Å². The Balaban J connectivity index is 1.76. The van der Waals surface area contributed by atoms with Gasteiger partial charge in [-0.2, -0.15) is 0 Å². The molecule has 0 amide bonds. The normalized spacial score (nSPS) is 20.6. The van der Waals surface area contributed by atoms with E-state index in [0.717, 1.165) is 91.0 Å². The number of alkyl halides is 1. The molecule has 0 radical (unpaired) electrons. The fourth-order valence-electron chi connectivity index (χ4n) is 5.97. The van der Waals surface area contributed by atoms with E-state index in [1.54, 1.807) is 19.2 Å². The Bertz CT molecular complexity index is 1270. The molecule has 1 aliphatic carbocycles. The molecule has 2 aromatic carbocycles. The number of hydrogen-bond acceptors (Lipinski definition) is 4. The fourth-order valence-corrected chi connectivity index (χ4v) is 5.97. The zero-order valence-electron chi connectivity index (χ0n) is 21.5. The Kier molecular flexibility index (Phi) is 7.04. The maximum absolute atomic E-state index is 15.5. The molecule has 3 aromatic rings. The van der Waals surface area contributed by atoms with Crippen molar-refractivity contribution in [3.63, 3.8) is 0 Å². The molecule has 1 aliphatic heterocycles. The summed E-state index contributed by atoms with van der Waals surface area (Å²) in [5.74, 6) is -0.327. The first kappa shape index (κ1) is 24.8. The number of halogens is 1. The van der Waals surface area contributed by atoms with Crippen molar-refractivity contribution in [1.29, 1.82) is 0 Å². The van der Waals surface area contributed by atoms with Gasteiger partial charge in [-0.05, 0) is 68.4 Å². The third-order valence-corrected chi connectivity index (χ3v) is 7.87. The molecule has 0 saturated heterocycles. The highest BCUT2D eigenvalue weighted by Gasteiger charge is 2.34. The summed E-state index contributed by atoms with van der Waals surface area (Å²) in [7, 11) is 5.84.